The van der Waals surface area contributed by atoms with E-state index in [4.69, 9.17) is 51.4 Å². The zero-order valence-electron chi connectivity index (χ0n) is 13.1. The summed E-state index contributed by atoms with van der Waals surface area (Å²) < 4.78 is 5.57. The molecule has 0 saturated heterocycles. The second-order valence-corrected chi connectivity index (χ2v) is 6.81. The number of carbonyl (C=O) groups excluding carboxylic acids is 1. The number of amides is 1. The highest BCUT2D eigenvalue weighted by Crippen LogP contribution is 2.34. The Hall–Kier alpha value is -2.05. The minimum atomic E-state index is -0.485. The van der Waals surface area contributed by atoms with Gasteiger partial charge in [-0.25, -0.2) is 0 Å². The summed E-state index contributed by atoms with van der Waals surface area (Å²) in [4.78, 5) is 12.3. The summed E-state index contributed by atoms with van der Waals surface area (Å²) in [7, 11) is 0. The molecule has 132 valence electrons. The Morgan fingerprint density at radius 1 is 0.962 bits per heavy atom. The number of anilines is 1. The zero-order chi connectivity index (χ0) is 18.7. The maximum absolute atomic E-state index is 12.3. The van der Waals surface area contributed by atoms with Crippen LogP contribution in [0.4, 0.5) is 5.69 Å². The topological polar surface area (TPSA) is 54.3 Å². The molecule has 1 aromatic heterocycles. The highest BCUT2D eigenvalue weighted by atomic mass is 35.5. The SMILES string of the molecule is O=C(NC(=S)Nc1ccc(Cl)cc1)c1ccc(-c2cccc(Cl)c2Cl)o1. The molecule has 8 heteroatoms. The van der Waals surface area contributed by atoms with Crippen molar-refractivity contribution in [2.24, 2.45) is 0 Å². The summed E-state index contributed by atoms with van der Waals surface area (Å²) in [5, 5.41) is 6.93. The highest BCUT2D eigenvalue weighted by Gasteiger charge is 2.16. The summed E-state index contributed by atoms with van der Waals surface area (Å²) in [6.07, 6.45) is 0. The van der Waals surface area contributed by atoms with Crippen molar-refractivity contribution in [2.45, 2.75) is 0 Å². The van der Waals surface area contributed by atoms with Gasteiger partial charge >= 0.3 is 0 Å². The van der Waals surface area contributed by atoms with Crippen molar-refractivity contribution in [2.75, 3.05) is 5.32 Å². The molecular weight excluding hydrogens is 415 g/mol. The van der Waals surface area contributed by atoms with Crippen LogP contribution in [0.25, 0.3) is 11.3 Å². The van der Waals surface area contributed by atoms with Gasteiger partial charge in [-0.1, -0.05) is 40.9 Å². The smallest absolute Gasteiger partial charge is 0.293 e. The first kappa shape index (κ1) is 18.7. The van der Waals surface area contributed by atoms with Gasteiger partial charge in [0.25, 0.3) is 5.91 Å². The average Bonchev–Trinajstić information content (AvgIpc) is 3.09. The van der Waals surface area contributed by atoms with E-state index in [1.54, 1.807) is 48.5 Å². The maximum Gasteiger partial charge on any atom is 0.293 e. The van der Waals surface area contributed by atoms with Gasteiger partial charge in [-0.15, -0.1) is 0 Å². The lowest BCUT2D eigenvalue weighted by atomic mass is 10.2. The molecule has 2 aromatic carbocycles. The number of hydrogen-bond donors (Lipinski definition) is 2. The van der Waals surface area contributed by atoms with Crippen molar-refractivity contribution in [3.8, 4) is 11.3 Å². The molecule has 0 radical (unpaired) electrons. The number of carbonyl (C=O) groups is 1. The van der Waals surface area contributed by atoms with Crippen molar-refractivity contribution in [1.29, 1.82) is 0 Å². The molecule has 0 saturated carbocycles. The lowest BCUT2D eigenvalue weighted by molar-refractivity contribution is 0.0951. The molecule has 1 heterocycles. The van der Waals surface area contributed by atoms with Gasteiger partial charge < -0.3 is 9.73 Å². The van der Waals surface area contributed by atoms with Gasteiger partial charge in [0.15, 0.2) is 10.9 Å². The van der Waals surface area contributed by atoms with E-state index in [1.807, 2.05) is 0 Å². The standard InChI is InChI=1S/C18H11Cl3N2O2S/c19-10-4-6-11(7-5-10)22-18(26)23-17(24)15-9-8-14(25-15)12-2-1-3-13(20)16(12)21/h1-9H,(H2,22,23,24,26). The van der Waals surface area contributed by atoms with Crippen LogP contribution in [0.5, 0.6) is 0 Å². The van der Waals surface area contributed by atoms with Crippen LogP contribution in [0.3, 0.4) is 0 Å². The molecular formula is C18H11Cl3N2O2S. The Balaban J connectivity index is 1.69. The number of benzene rings is 2. The van der Waals surface area contributed by atoms with Crippen LogP contribution in [-0.2, 0) is 0 Å². The lowest BCUT2D eigenvalue weighted by Crippen LogP contribution is -2.33. The Kier molecular flexibility index (Phi) is 5.84. The van der Waals surface area contributed by atoms with E-state index in [0.717, 1.165) is 0 Å². The average molecular weight is 426 g/mol. The fourth-order valence-electron chi connectivity index (χ4n) is 2.16. The van der Waals surface area contributed by atoms with E-state index in [9.17, 15) is 4.79 Å². The molecule has 3 rings (SSSR count). The monoisotopic (exact) mass is 424 g/mol. The second kappa shape index (κ2) is 8.10. The van der Waals surface area contributed by atoms with Crippen molar-refractivity contribution in [3.05, 3.63) is 75.4 Å². The number of rotatable bonds is 3. The van der Waals surface area contributed by atoms with Crippen LogP contribution in [0.15, 0.2) is 59.0 Å². The quantitative estimate of drug-likeness (QED) is 0.503. The van der Waals surface area contributed by atoms with E-state index in [0.29, 0.717) is 32.1 Å². The van der Waals surface area contributed by atoms with Gasteiger partial charge in [-0.2, -0.15) is 0 Å². The highest BCUT2D eigenvalue weighted by molar-refractivity contribution is 7.80. The van der Waals surface area contributed by atoms with Crippen LogP contribution >= 0.6 is 47.0 Å². The summed E-state index contributed by atoms with van der Waals surface area (Å²) >= 11 is 23.1. The van der Waals surface area contributed by atoms with Gasteiger partial charge in [-0.05, 0) is 60.7 Å². The zero-order valence-corrected chi connectivity index (χ0v) is 16.1. The van der Waals surface area contributed by atoms with E-state index in [-0.39, 0.29) is 10.9 Å². The minimum absolute atomic E-state index is 0.0938. The van der Waals surface area contributed by atoms with Crippen LogP contribution in [0, 0.1) is 0 Å². The van der Waals surface area contributed by atoms with Gasteiger partial charge in [-0.3, -0.25) is 10.1 Å². The van der Waals surface area contributed by atoms with Gasteiger partial charge in [0.1, 0.15) is 5.76 Å². The van der Waals surface area contributed by atoms with Crippen LogP contribution in [0.1, 0.15) is 10.6 Å². The Morgan fingerprint density at radius 2 is 1.69 bits per heavy atom. The first-order valence-electron chi connectivity index (χ1n) is 7.36. The molecule has 2 N–H and O–H groups in total. The first-order chi connectivity index (χ1) is 12.4. The van der Waals surface area contributed by atoms with Crippen LogP contribution in [-0.4, -0.2) is 11.0 Å². The summed E-state index contributed by atoms with van der Waals surface area (Å²) in [6.45, 7) is 0. The minimum Gasteiger partial charge on any atom is -0.451 e. The summed E-state index contributed by atoms with van der Waals surface area (Å²) in [5.41, 5.74) is 1.30. The Bertz CT molecular complexity index is 971. The molecule has 0 atom stereocenters. The second-order valence-electron chi connectivity index (χ2n) is 5.18. The summed E-state index contributed by atoms with van der Waals surface area (Å²) in [6, 6.07) is 15.3. The van der Waals surface area contributed by atoms with E-state index in [1.165, 1.54) is 6.07 Å². The molecule has 3 aromatic rings. The third-order valence-corrected chi connectivity index (χ3v) is 4.65. The number of halogens is 3. The third-order valence-electron chi connectivity index (χ3n) is 3.38. The predicted molar refractivity (Wildman–Crippen MR) is 109 cm³/mol. The fourth-order valence-corrected chi connectivity index (χ4v) is 2.89. The molecule has 0 unspecified atom stereocenters. The maximum atomic E-state index is 12.3. The van der Waals surface area contributed by atoms with Crippen molar-refractivity contribution in [1.82, 2.24) is 5.32 Å². The molecule has 1 amide bonds. The molecule has 0 aliphatic carbocycles. The van der Waals surface area contributed by atoms with Crippen molar-refractivity contribution >= 4 is 63.7 Å². The number of nitrogens with one attached hydrogen (secondary N) is 2. The van der Waals surface area contributed by atoms with Crippen LogP contribution in [0.2, 0.25) is 15.1 Å². The largest absolute Gasteiger partial charge is 0.451 e. The normalized spacial score (nSPS) is 10.4. The van der Waals surface area contributed by atoms with E-state index >= 15 is 0 Å². The Morgan fingerprint density at radius 3 is 2.42 bits per heavy atom. The summed E-state index contributed by atoms with van der Waals surface area (Å²) in [5.74, 6) is 0.0383. The first-order valence-corrected chi connectivity index (χ1v) is 8.90. The fraction of sp³-hybridized carbons (Fsp3) is 0. The van der Waals surface area contributed by atoms with E-state index < -0.39 is 5.91 Å². The number of hydrogen-bond acceptors (Lipinski definition) is 3. The van der Waals surface area contributed by atoms with Crippen molar-refractivity contribution < 1.29 is 9.21 Å². The van der Waals surface area contributed by atoms with Gasteiger partial charge in [0.05, 0.1) is 10.0 Å². The molecule has 0 aliphatic heterocycles. The Labute approximate surface area is 170 Å². The predicted octanol–water partition coefficient (Wildman–Crippen LogP) is 6.03. The molecule has 0 spiro atoms. The molecule has 4 nitrogen and oxygen atoms in total. The molecule has 0 fully saturated rings. The van der Waals surface area contributed by atoms with Gasteiger partial charge in [0.2, 0.25) is 0 Å². The number of thiocarbonyl (C=S) groups is 1. The van der Waals surface area contributed by atoms with Crippen LogP contribution < -0.4 is 10.6 Å². The number of furan rings is 1. The lowest BCUT2D eigenvalue weighted by Gasteiger charge is -2.08. The molecule has 0 aliphatic rings. The molecule has 0 bridgehead atoms. The van der Waals surface area contributed by atoms with Gasteiger partial charge in [0, 0.05) is 16.3 Å². The third kappa shape index (κ3) is 4.37. The molecule has 26 heavy (non-hydrogen) atoms. The van der Waals surface area contributed by atoms with E-state index in [2.05, 4.69) is 10.6 Å². The van der Waals surface area contributed by atoms with Crippen molar-refractivity contribution in [3.63, 3.8) is 0 Å².